The maximum absolute atomic E-state index is 11.9. The highest BCUT2D eigenvalue weighted by molar-refractivity contribution is 6.30. The lowest BCUT2D eigenvalue weighted by Gasteiger charge is -2.11. The second-order valence-corrected chi connectivity index (χ2v) is 5.78. The number of nitrogens with one attached hydrogen (secondary N) is 2. The highest BCUT2D eigenvalue weighted by Crippen LogP contribution is 2.19. The zero-order valence-corrected chi connectivity index (χ0v) is 13.7. The fourth-order valence-corrected chi connectivity index (χ4v) is 2.36. The van der Waals surface area contributed by atoms with E-state index in [4.69, 9.17) is 11.6 Å². The lowest BCUT2D eigenvalue weighted by atomic mass is 10.1. The second-order valence-electron chi connectivity index (χ2n) is 5.34. The van der Waals surface area contributed by atoms with Crippen molar-refractivity contribution in [1.29, 1.82) is 0 Å². The van der Waals surface area contributed by atoms with Crippen LogP contribution in [-0.2, 0) is 11.3 Å². The molecule has 4 heteroatoms. The largest absolute Gasteiger partial charge is 0.384 e. The van der Waals surface area contributed by atoms with Crippen LogP contribution < -0.4 is 10.6 Å². The first kappa shape index (κ1) is 16.4. The van der Waals surface area contributed by atoms with Crippen molar-refractivity contribution in [3.63, 3.8) is 0 Å². The Morgan fingerprint density at radius 1 is 1.09 bits per heavy atom. The number of hydrogen-bond acceptors (Lipinski definition) is 2. The molecule has 0 fully saturated rings. The molecule has 0 atom stereocenters. The van der Waals surface area contributed by atoms with Crippen LogP contribution in [0, 0.1) is 13.8 Å². The molecule has 116 valence electrons. The fourth-order valence-electron chi connectivity index (χ4n) is 2.19. The molecule has 22 heavy (non-hydrogen) atoms. The molecule has 3 nitrogen and oxygen atoms in total. The van der Waals surface area contributed by atoms with Crippen LogP contribution in [0.4, 0.5) is 5.69 Å². The minimum atomic E-state index is 0.0374. The molecule has 2 aromatic rings. The monoisotopic (exact) mass is 316 g/mol. The third-order valence-corrected chi connectivity index (χ3v) is 3.84. The Morgan fingerprint density at radius 2 is 1.86 bits per heavy atom. The Kier molecular flexibility index (Phi) is 5.84. The Morgan fingerprint density at radius 3 is 2.64 bits per heavy atom. The van der Waals surface area contributed by atoms with E-state index in [9.17, 15) is 4.79 Å². The zero-order valence-electron chi connectivity index (χ0n) is 12.9. The lowest BCUT2D eigenvalue weighted by molar-refractivity contribution is -0.121. The summed E-state index contributed by atoms with van der Waals surface area (Å²) >= 11 is 5.97. The third-order valence-electron chi connectivity index (χ3n) is 3.60. The fraction of sp³-hybridized carbons (Fsp3) is 0.278. The van der Waals surface area contributed by atoms with Crippen molar-refractivity contribution in [3.05, 3.63) is 64.2 Å². The quantitative estimate of drug-likeness (QED) is 0.843. The molecule has 0 saturated heterocycles. The summed E-state index contributed by atoms with van der Waals surface area (Å²) in [5.74, 6) is 0.0374. The van der Waals surface area contributed by atoms with Gasteiger partial charge in [-0.2, -0.15) is 0 Å². The minimum absolute atomic E-state index is 0.0374. The Labute approximate surface area is 136 Å². The van der Waals surface area contributed by atoms with Gasteiger partial charge < -0.3 is 10.6 Å². The molecule has 2 rings (SSSR count). The molecular formula is C18H21ClN2O. The number of carbonyl (C=O) groups excluding carboxylic acids is 1. The second kappa shape index (κ2) is 7.85. The molecule has 0 radical (unpaired) electrons. The predicted molar refractivity (Wildman–Crippen MR) is 92.3 cm³/mol. The number of carbonyl (C=O) groups is 1. The summed E-state index contributed by atoms with van der Waals surface area (Å²) in [4.78, 5) is 11.9. The van der Waals surface area contributed by atoms with E-state index in [2.05, 4.69) is 10.6 Å². The SMILES string of the molecule is Cc1ccccc1CNC(=O)CCNc1cc(Cl)ccc1C. The van der Waals surface area contributed by atoms with Gasteiger partial charge in [0.05, 0.1) is 0 Å². The standard InChI is InChI=1S/C18H21ClN2O/c1-13-5-3-4-6-15(13)12-21-18(22)9-10-20-17-11-16(19)8-7-14(17)2/h3-8,11,20H,9-10,12H2,1-2H3,(H,21,22). The summed E-state index contributed by atoms with van der Waals surface area (Å²) in [7, 11) is 0. The molecule has 0 bridgehead atoms. The Hall–Kier alpha value is -2.00. The van der Waals surface area contributed by atoms with Crippen LogP contribution in [0.15, 0.2) is 42.5 Å². The molecule has 0 aliphatic heterocycles. The van der Waals surface area contributed by atoms with E-state index in [1.165, 1.54) is 5.56 Å². The molecule has 0 spiro atoms. The van der Waals surface area contributed by atoms with Crippen LogP contribution in [0.1, 0.15) is 23.1 Å². The van der Waals surface area contributed by atoms with Crippen LogP contribution in [0.25, 0.3) is 0 Å². The van der Waals surface area contributed by atoms with E-state index >= 15 is 0 Å². The normalized spacial score (nSPS) is 10.3. The van der Waals surface area contributed by atoms with Crippen molar-refractivity contribution >= 4 is 23.2 Å². The van der Waals surface area contributed by atoms with E-state index in [1.54, 1.807) is 0 Å². The van der Waals surface area contributed by atoms with E-state index < -0.39 is 0 Å². The summed E-state index contributed by atoms with van der Waals surface area (Å²) in [5.41, 5.74) is 4.42. The van der Waals surface area contributed by atoms with Crippen LogP contribution in [-0.4, -0.2) is 12.5 Å². The van der Waals surface area contributed by atoms with Crippen molar-refractivity contribution in [2.75, 3.05) is 11.9 Å². The van der Waals surface area contributed by atoms with E-state index in [-0.39, 0.29) is 5.91 Å². The van der Waals surface area contributed by atoms with Gasteiger partial charge in [-0.15, -0.1) is 0 Å². The number of rotatable bonds is 6. The van der Waals surface area contributed by atoms with Gasteiger partial charge in [-0.1, -0.05) is 41.9 Å². The molecule has 0 aliphatic carbocycles. The van der Waals surface area contributed by atoms with Gasteiger partial charge in [0.25, 0.3) is 0 Å². The van der Waals surface area contributed by atoms with Crippen LogP contribution in [0.2, 0.25) is 5.02 Å². The highest BCUT2D eigenvalue weighted by Gasteiger charge is 2.04. The number of halogens is 1. The van der Waals surface area contributed by atoms with Crippen molar-refractivity contribution in [2.24, 2.45) is 0 Å². The summed E-state index contributed by atoms with van der Waals surface area (Å²) in [6.45, 7) is 5.21. The van der Waals surface area contributed by atoms with Crippen LogP contribution in [0.5, 0.6) is 0 Å². The number of anilines is 1. The van der Waals surface area contributed by atoms with Crippen LogP contribution in [0.3, 0.4) is 0 Å². The van der Waals surface area contributed by atoms with E-state index in [1.807, 2.05) is 56.3 Å². The molecule has 0 saturated carbocycles. The van der Waals surface area contributed by atoms with Gasteiger partial charge in [-0.25, -0.2) is 0 Å². The molecule has 2 N–H and O–H groups in total. The highest BCUT2D eigenvalue weighted by atomic mass is 35.5. The first-order valence-electron chi connectivity index (χ1n) is 7.37. The zero-order chi connectivity index (χ0) is 15.9. The number of aryl methyl sites for hydroxylation is 2. The minimum Gasteiger partial charge on any atom is -0.384 e. The molecule has 0 aliphatic rings. The summed E-state index contributed by atoms with van der Waals surface area (Å²) in [6, 6.07) is 13.8. The van der Waals surface area contributed by atoms with Crippen molar-refractivity contribution in [2.45, 2.75) is 26.8 Å². The van der Waals surface area contributed by atoms with Gasteiger partial charge in [-0.3, -0.25) is 4.79 Å². The van der Waals surface area contributed by atoms with Crippen molar-refractivity contribution < 1.29 is 4.79 Å². The number of amides is 1. The first-order chi connectivity index (χ1) is 10.6. The Balaban J connectivity index is 1.76. The average molecular weight is 317 g/mol. The van der Waals surface area contributed by atoms with Crippen molar-refractivity contribution in [1.82, 2.24) is 5.32 Å². The van der Waals surface area contributed by atoms with Gasteiger partial charge in [0.1, 0.15) is 0 Å². The van der Waals surface area contributed by atoms with Gasteiger partial charge in [0.2, 0.25) is 5.91 Å². The predicted octanol–water partition coefficient (Wildman–Crippen LogP) is 4.08. The molecule has 1 amide bonds. The van der Waals surface area contributed by atoms with Gasteiger partial charge >= 0.3 is 0 Å². The van der Waals surface area contributed by atoms with Crippen LogP contribution >= 0.6 is 11.6 Å². The number of benzene rings is 2. The molecule has 0 aromatic heterocycles. The topological polar surface area (TPSA) is 41.1 Å². The summed E-state index contributed by atoms with van der Waals surface area (Å²) in [6.07, 6.45) is 0.428. The van der Waals surface area contributed by atoms with Crippen molar-refractivity contribution in [3.8, 4) is 0 Å². The van der Waals surface area contributed by atoms with E-state index in [0.29, 0.717) is 24.5 Å². The van der Waals surface area contributed by atoms with Gasteiger partial charge in [0, 0.05) is 30.2 Å². The number of hydrogen-bond donors (Lipinski definition) is 2. The molecule has 0 unspecified atom stereocenters. The maximum Gasteiger partial charge on any atom is 0.222 e. The molecule has 2 aromatic carbocycles. The van der Waals surface area contributed by atoms with Gasteiger partial charge in [0.15, 0.2) is 0 Å². The van der Waals surface area contributed by atoms with Gasteiger partial charge in [-0.05, 0) is 42.7 Å². The summed E-state index contributed by atoms with van der Waals surface area (Å²) < 4.78 is 0. The third kappa shape index (κ3) is 4.78. The first-order valence-corrected chi connectivity index (χ1v) is 7.75. The maximum atomic E-state index is 11.9. The molecule has 0 heterocycles. The smallest absolute Gasteiger partial charge is 0.222 e. The average Bonchev–Trinajstić information content (AvgIpc) is 2.50. The van der Waals surface area contributed by atoms with E-state index in [0.717, 1.165) is 16.8 Å². The summed E-state index contributed by atoms with van der Waals surface area (Å²) in [5, 5.41) is 6.89. The molecular weight excluding hydrogens is 296 g/mol. The lowest BCUT2D eigenvalue weighted by Crippen LogP contribution is -2.25. The Bertz CT molecular complexity index is 655.